The Labute approximate surface area is 105 Å². The molecule has 0 saturated heterocycles. The number of benzene rings is 1. The monoisotopic (exact) mass is 258 g/mol. The van der Waals surface area contributed by atoms with Crippen molar-refractivity contribution in [3.8, 4) is 5.75 Å². The van der Waals surface area contributed by atoms with Gasteiger partial charge in [0.1, 0.15) is 5.75 Å². The number of ether oxygens (including phenoxy) is 1. The number of carboxylic acids is 1. The maximum Gasteiger partial charge on any atom is 0.337 e. The van der Waals surface area contributed by atoms with Crippen molar-refractivity contribution in [2.24, 2.45) is 0 Å². The predicted molar refractivity (Wildman–Crippen MR) is 64.8 cm³/mol. The standard InChI is InChI=1S/C12H15ClO4/c1-12(2,16)5-6-17-8-3-4-10(13)9(7-8)11(14)15/h3-4,7,16H,5-6H2,1-2H3,(H,14,15). The molecule has 0 fully saturated rings. The maximum absolute atomic E-state index is 10.8. The Hall–Kier alpha value is -1.26. The van der Waals surface area contributed by atoms with Gasteiger partial charge in [-0.3, -0.25) is 0 Å². The second kappa shape index (κ2) is 5.38. The molecule has 0 atom stereocenters. The molecule has 1 aromatic carbocycles. The molecule has 2 N–H and O–H groups in total. The van der Waals surface area contributed by atoms with E-state index in [0.717, 1.165) is 0 Å². The zero-order valence-corrected chi connectivity index (χ0v) is 10.5. The van der Waals surface area contributed by atoms with Crippen LogP contribution in [-0.2, 0) is 0 Å². The Kier molecular flexibility index (Phi) is 4.37. The van der Waals surface area contributed by atoms with Crippen molar-refractivity contribution < 1.29 is 19.7 Å². The van der Waals surface area contributed by atoms with Crippen molar-refractivity contribution in [2.45, 2.75) is 25.9 Å². The van der Waals surface area contributed by atoms with Crippen LogP contribution in [0.4, 0.5) is 0 Å². The SMILES string of the molecule is CC(C)(O)CCOc1ccc(Cl)c(C(=O)O)c1. The second-order valence-corrected chi connectivity index (χ2v) is 4.76. The normalized spacial score (nSPS) is 11.3. The van der Waals surface area contributed by atoms with Crippen LogP contribution in [0.3, 0.4) is 0 Å². The van der Waals surface area contributed by atoms with E-state index in [0.29, 0.717) is 18.8 Å². The van der Waals surface area contributed by atoms with Crippen molar-refractivity contribution in [3.05, 3.63) is 28.8 Å². The van der Waals surface area contributed by atoms with Crippen molar-refractivity contribution in [3.63, 3.8) is 0 Å². The topological polar surface area (TPSA) is 66.8 Å². The van der Waals surface area contributed by atoms with Gasteiger partial charge in [0.25, 0.3) is 0 Å². The number of aliphatic hydroxyl groups is 1. The number of carboxylic acid groups (broad SMARTS) is 1. The molecule has 94 valence electrons. The van der Waals surface area contributed by atoms with E-state index in [4.69, 9.17) is 21.4 Å². The molecule has 1 rings (SSSR count). The number of hydrogen-bond donors (Lipinski definition) is 2. The highest BCUT2D eigenvalue weighted by Crippen LogP contribution is 2.22. The van der Waals surface area contributed by atoms with E-state index < -0.39 is 11.6 Å². The predicted octanol–water partition coefficient (Wildman–Crippen LogP) is 2.58. The van der Waals surface area contributed by atoms with Gasteiger partial charge in [-0.05, 0) is 32.0 Å². The Bertz CT molecular complexity index is 409. The average molecular weight is 259 g/mol. The quantitative estimate of drug-likeness (QED) is 0.852. The summed E-state index contributed by atoms with van der Waals surface area (Å²) in [6, 6.07) is 4.44. The van der Waals surface area contributed by atoms with E-state index in [9.17, 15) is 9.90 Å². The van der Waals surface area contributed by atoms with Crippen LogP contribution >= 0.6 is 11.6 Å². The summed E-state index contributed by atoms with van der Waals surface area (Å²) in [5.41, 5.74) is -0.797. The summed E-state index contributed by atoms with van der Waals surface area (Å²) in [5.74, 6) is -0.668. The zero-order chi connectivity index (χ0) is 13.1. The highest BCUT2D eigenvalue weighted by atomic mass is 35.5. The molecule has 0 unspecified atom stereocenters. The fraction of sp³-hybridized carbons (Fsp3) is 0.417. The lowest BCUT2D eigenvalue weighted by Gasteiger charge is -2.17. The maximum atomic E-state index is 10.8. The molecule has 0 radical (unpaired) electrons. The number of hydrogen-bond acceptors (Lipinski definition) is 3. The van der Waals surface area contributed by atoms with Crippen LogP contribution in [0.25, 0.3) is 0 Å². The molecule has 4 nitrogen and oxygen atoms in total. The molecule has 0 saturated carbocycles. The molecule has 17 heavy (non-hydrogen) atoms. The van der Waals surface area contributed by atoms with Crippen molar-refractivity contribution in [1.82, 2.24) is 0 Å². The van der Waals surface area contributed by atoms with Gasteiger partial charge in [-0.25, -0.2) is 4.79 Å². The third-order valence-electron chi connectivity index (χ3n) is 2.15. The van der Waals surface area contributed by atoms with Crippen LogP contribution in [0, 0.1) is 0 Å². The molecule has 0 bridgehead atoms. The summed E-state index contributed by atoms with van der Waals surface area (Å²) in [6.07, 6.45) is 0.456. The molecule has 1 aromatic rings. The fourth-order valence-electron chi connectivity index (χ4n) is 1.18. The summed E-state index contributed by atoms with van der Waals surface area (Å²) in [5, 5.41) is 18.5. The minimum atomic E-state index is -1.09. The summed E-state index contributed by atoms with van der Waals surface area (Å²) < 4.78 is 5.35. The Morgan fingerprint density at radius 2 is 2.12 bits per heavy atom. The number of halogens is 1. The van der Waals surface area contributed by atoms with Gasteiger partial charge in [0.05, 0.1) is 22.8 Å². The first-order chi connectivity index (χ1) is 7.79. The lowest BCUT2D eigenvalue weighted by molar-refractivity contribution is 0.0551. The molecule has 0 aliphatic rings. The minimum absolute atomic E-state index is 0.00688. The molecular weight excluding hydrogens is 244 g/mol. The van der Waals surface area contributed by atoms with Gasteiger partial charge in [0.2, 0.25) is 0 Å². The van der Waals surface area contributed by atoms with Crippen LogP contribution in [0.2, 0.25) is 5.02 Å². The highest BCUT2D eigenvalue weighted by Gasteiger charge is 2.13. The number of carbonyl (C=O) groups is 1. The molecule has 0 amide bonds. The molecule has 0 heterocycles. The smallest absolute Gasteiger partial charge is 0.337 e. The zero-order valence-electron chi connectivity index (χ0n) is 9.74. The average Bonchev–Trinajstić information content (AvgIpc) is 2.18. The van der Waals surface area contributed by atoms with Gasteiger partial charge in [-0.2, -0.15) is 0 Å². The molecule has 0 aliphatic carbocycles. The van der Waals surface area contributed by atoms with Gasteiger partial charge < -0.3 is 14.9 Å². The first kappa shape index (κ1) is 13.8. The Morgan fingerprint density at radius 3 is 2.65 bits per heavy atom. The van der Waals surface area contributed by atoms with E-state index >= 15 is 0 Å². The third kappa shape index (κ3) is 4.63. The summed E-state index contributed by atoms with van der Waals surface area (Å²) in [6.45, 7) is 3.67. The molecular formula is C12H15ClO4. The minimum Gasteiger partial charge on any atom is -0.493 e. The van der Waals surface area contributed by atoms with Gasteiger partial charge >= 0.3 is 5.97 Å². The van der Waals surface area contributed by atoms with Gasteiger partial charge in [-0.15, -0.1) is 0 Å². The Balaban J connectivity index is 2.67. The molecule has 5 heteroatoms. The van der Waals surface area contributed by atoms with E-state index in [2.05, 4.69) is 0 Å². The van der Waals surface area contributed by atoms with Crippen LogP contribution in [0.1, 0.15) is 30.6 Å². The molecule has 0 aromatic heterocycles. The van der Waals surface area contributed by atoms with Gasteiger partial charge in [0, 0.05) is 6.42 Å². The van der Waals surface area contributed by atoms with E-state index in [1.165, 1.54) is 12.1 Å². The summed E-state index contributed by atoms with van der Waals surface area (Å²) in [7, 11) is 0. The van der Waals surface area contributed by atoms with Gasteiger partial charge in [0.15, 0.2) is 0 Å². The first-order valence-electron chi connectivity index (χ1n) is 5.17. The van der Waals surface area contributed by atoms with E-state index in [1.54, 1.807) is 19.9 Å². The fourth-order valence-corrected chi connectivity index (χ4v) is 1.38. The third-order valence-corrected chi connectivity index (χ3v) is 2.48. The van der Waals surface area contributed by atoms with Crippen LogP contribution in [0.15, 0.2) is 18.2 Å². The Morgan fingerprint density at radius 1 is 1.47 bits per heavy atom. The first-order valence-corrected chi connectivity index (χ1v) is 5.55. The van der Waals surface area contributed by atoms with Crippen LogP contribution in [-0.4, -0.2) is 28.4 Å². The van der Waals surface area contributed by atoms with Crippen LogP contribution in [0.5, 0.6) is 5.75 Å². The molecule has 0 spiro atoms. The van der Waals surface area contributed by atoms with Gasteiger partial charge in [-0.1, -0.05) is 11.6 Å². The highest BCUT2D eigenvalue weighted by molar-refractivity contribution is 6.33. The largest absolute Gasteiger partial charge is 0.493 e. The van der Waals surface area contributed by atoms with Crippen molar-refractivity contribution in [2.75, 3.05) is 6.61 Å². The lowest BCUT2D eigenvalue weighted by Crippen LogP contribution is -2.21. The second-order valence-electron chi connectivity index (χ2n) is 4.36. The number of rotatable bonds is 5. The van der Waals surface area contributed by atoms with Crippen molar-refractivity contribution in [1.29, 1.82) is 0 Å². The van der Waals surface area contributed by atoms with Crippen LogP contribution < -0.4 is 4.74 Å². The molecule has 0 aliphatic heterocycles. The summed E-state index contributed by atoms with van der Waals surface area (Å²) >= 11 is 5.72. The summed E-state index contributed by atoms with van der Waals surface area (Å²) in [4.78, 5) is 10.8. The van der Waals surface area contributed by atoms with Crippen molar-refractivity contribution >= 4 is 17.6 Å². The van der Waals surface area contributed by atoms with E-state index in [-0.39, 0.29) is 10.6 Å². The lowest BCUT2D eigenvalue weighted by atomic mass is 10.1. The number of aromatic carboxylic acids is 1. The van der Waals surface area contributed by atoms with E-state index in [1.807, 2.05) is 0 Å².